The van der Waals surface area contributed by atoms with Crippen LogP contribution in [-0.4, -0.2) is 16.1 Å². The van der Waals surface area contributed by atoms with Crippen molar-refractivity contribution in [3.63, 3.8) is 0 Å². The molecule has 0 saturated carbocycles. The molecule has 4 heteroatoms. The fourth-order valence-electron chi connectivity index (χ4n) is 2.02. The lowest BCUT2D eigenvalue weighted by molar-refractivity contribution is 0.0699. The van der Waals surface area contributed by atoms with Crippen molar-refractivity contribution in [2.24, 2.45) is 0 Å². The molecule has 0 saturated heterocycles. The van der Waals surface area contributed by atoms with Crippen LogP contribution in [0.4, 0.5) is 0 Å². The second-order valence-electron chi connectivity index (χ2n) is 4.01. The second kappa shape index (κ2) is 3.96. The summed E-state index contributed by atoms with van der Waals surface area (Å²) in [7, 11) is 0. The number of nitrogens with zero attached hydrogens (tertiary/aromatic N) is 1. The van der Waals surface area contributed by atoms with Gasteiger partial charge in [-0.1, -0.05) is 29.8 Å². The van der Waals surface area contributed by atoms with Crippen LogP contribution in [0.1, 0.15) is 10.4 Å². The Morgan fingerprint density at radius 3 is 2.67 bits per heavy atom. The number of hydrogen-bond donors (Lipinski definition) is 1. The summed E-state index contributed by atoms with van der Waals surface area (Å²) < 4.78 is 0. The standard InChI is InChI=1S/C14H8ClNO2/c15-10-6-9-5-8-3-1-2-4-12(8)16-13(9)11(7-10)14(17)18/h1-7H,(H,17,18). The molecule has 3 rings (SSSR count). The summed E-state index contributed by atoms with van der Waals surface area (Å²) in [5.41, 5.74) is 1.36. The average molecular weight is 258 g/mol. The van der Waals surface area contributed by atoms with Crippen LogP contribution in [0.5, 0.6) is 0 Å². The van der Waals surface area contributed by atoms with Crippen LogP contribution >= 0.6 is 11.6 Å². The van der Waals surface area contributed by atoms with Crippen LogP contribution in [0.3, 0.4) is 0 Å². The van der Waals surface area contributed by atoms with Crippen molar-refractivity contribution in [1.29, 1.82) is 0 Å². The highest BCUT2D eigenvalue weighted by atomic mass is 35.5. The molecule has 1 N–H and O–H groups in total. The number of benzene rings is 2. The number of fused-ring (bicyclic) bond motifs is 2. The van der Waals surface area contributed by atoms with Gasteiger partial charge in [-0.2, -0.15) is 0 Å². The Morgan fingerprint density at radius 2 is 1.89 bits per heavy atom. The summed E-state index contributed by atoms with van der Waals surface area (Å²) in [6.45, 7) is 0. The molecule has 1 heterocycles. The van der Waals surface area contributed by atoms with Crippen LogP contribution in [0, 0.1) is 0 Å². The molecule has 0 aliphatic rings. The molecule has 2 aromatic carbocycles. The Kier molecular flexibility index (Phi) is 2.42. The van der Waals surface area contributed by atoms with Gasteiger partial charge in [0, 0.05) is 15.8 Å². The van der Waals surface area contributed by atoms with E-state index in [1.54, 1.807) is 6.07 Å². The van der Waals surface area contributed by atoms with Gasteiger partial charge in [-0.3, -0.25) is 0 Å². The van der Waals surface area contributed by atoms with Crippen LogP contribution in [0.2, 0.25) is 5.02 Å². The molecule has 0 unspecified atom stereocenters. The molecule has 18 heavy (non-hydrogen) atoms. The number of halogens is 1. The van der Waals surface area contributed by atoms with Gasteiger partial charge in [0.25, 0.3) is 0 Å². The van der Waals surface area contributed by atoms with Crippen molar-refractivity contribution in [1.82, 2.24) is 4.98 Å². The third kappa shape index (κ3) is 1.69. The van der Waals surface area contributed by atoms with Gasteiger partial charge in [0.05, 0.1) is 16.6 Å². The molecule has 0 radical (unpaired) electrons. The van der Waals surface area contributed by atoms with E-state index in [0.717, 1.165) is 16.3 Å². The van der Waals surface area contributed by atoms with Crippen molar-refractivity contribution < 1.29 is 9.90 Å². The monoisotopic (exact) mass is 257 g/mol. The summed E-state index contributed by atoms with van der Waals surface area (Å²) in [5, 5.41) is 11.3. The van der Waals surface area contributed by atoms with Gasteiger partial charge in [-0.05, 0) is 24.3 Å². The van der Waals surface area contributed by atoms with E-state index in [2.05, 4.69) is 4.98 Å². The third-order valence-electron chi connectivity index (χ3n) is 2.81. The number of carbonyl (C=O) groups is 1. The molecule has 0 amide bonds. The Labute approximate surface area is 108 Å². The summed E-state index contributed by atoms with van der Waals surface area (Å²) in [5.74, 6) is -1.02. The first kappa shape index (κ1) is 11.0. The molecule has 3 nitrogen and oxygen atoms in total. The topological polar surface area (TPSA) is 50.2 Å². The minimum atomic E-state index is -1.02. The molecule has 0 aliphatic heterocycles. The van der Waals surface area contributed by atoms with Gasteiger partial charge in [-0.15, -0.1) is 0 Å². The third-order valence-corrected chi connectivity index (χ3v) is 3.03. The predicted molar refractivity (Wildman–Crippen MR) is 71.2 cm³/mol. The Balaban J connectivity index is 2.49. The van der Waals surface area contributed by atoms with E-state index in [1.165, 1.54) is 6.07 Å². The van der Waals surface area contributed by atoms with Crippen molar-refractivity contribution in [2.45, 2.75) is 0 Å². The fourth-order valence-corrected chi connectivity index (χ4v) is 2.24. The SMILES string of the molecule is O=C(O)c1cc(Cl)cc2cc3ccccc3nc12. The summed E-state index contributed by atoms with van der Waals surface area (Å²) in [6.07, 6.45) is 0. The molecule has 1 aromatic heterocycles. The lowest BCUT2D eigenvalue weighted by Crippen LogP contribution is -1.99. The first-order chi connectivity index (χ1) is 8.65. The van der Waals surface area contributed by atoms with E-state index < -0.39 is 5.97 Å². The number of rotatable bonds is 1. The van der Waals surface area contributed by atoms with Gasteiger partial charge in [-0.25, -0.2) is 9.78 Å². The molecular formula is C14H8ClNO2. The average Bonchev–Trinajstić information content (AvgIpc) is 2.35. The van der Waals surface area contributed by atoms with Gasteiger partial charge in [0.15, 0.2) is 0 Å². The van der Waals surface area contributed by atoms with Crippen molar-refractivity contribution in [3.05, 3.63) is 53.1 Å². The maximum absolute atomic E-state index is 11.2. The maximum Gasteiger partial charge on any atom is 0.337 e. The van der Waals surface area contributed by atoms with E-state index in [9.17, 15) is 9.90 Å². The van der Waals surface area contributed by atoms with Crippen LogP contribution in [0.15, 0.2) is 42.5 Å². The van der Waals surface area contributed by atoms with Gasteiger partial charge >= 0.3 is 5.97 Å². The predicted octanol–water partition coefficient (Wildman–Crippen LogP) is 3.74. The van der Waals surface area contributed by atoms with Crippen molar-refractivity contribution in [3.8, 4) is 0 Å². The van der Waals surface area contributed by atoms with E-state index in [1.807, 2.05) is 30.3 Å². The first-order valence-electron chi connectivity index (χ1n) is 5.37. The van der Waals surface area contributed by atoms with Crippen molar-refractivity contribution in [2.75, 3.05) is 0 Å². The van der Waals surface area contributed by atoms with Crippen molar-refractivity contribution >= 4 is 39.4 Å². The van der Waals surface area contributed by atoms with E-state index in [-0.39, 0.29) is 5.56 Å². The largest absolute Gasteiger partial charge is 0.478 e. The number of hydrogen-bond acceptors (Lipinski definition) is 2. The zero-order valence-electron chi connectivity index (χ0n) is 9.22. The number of carboxylic acid groups (broad SMARTS) is 1. The van der Waals surface area contributed by atoms with Crippen LogP contribution < -0.4 is 0 Å². The minimum absolute atomic E-state index is 0.128. The minimum Gasteiger partial charge on any atom is -0.478 e. The summed E-state index contributed by atoms with van der Waals surface area (Å²) >= 11 is 5.93. The Hall–Kier alpha value is -2.13. The smallest absolute Gasteiger partial charge is 0.337 e. The fraction of sp³-hybridized carbons (Fsp3) is 0. The molecule has 0 atom stereocenters. The van der Waals surface area contributed by atoms with E-state index >= 15 is 0 Å². The lowest BCUT2D eigenvalue weighted by Gasteiger charge is -2.05. The van der Waals surface area contributed by atoms with E-state index in [0.29, 0.717) is 10.5 Å². The molecular weight excluding hydrogens is 250 g/mol. The number of aromatic nitrogens is 1. The summed E-state index contributed by atoms with van der Waals surface area (Å²) in [6, 6.07) is 12.6. The van der Waals surface area contributed by atoms with Gasteiger partial charge in [0.1, 0.15) is 0 Å². The van der Waals surface area contributed by atoms with Gasteiger partial charge < -0.3 is 5.11 Å². The van der Waals surface area contributed by atoms with Gasteiger partial charge in [0.2, 0.25) is 0 Å². The summed E-state index contributed by atoms with van der Waals surface area (Å²) in [4.78, 5) is 15.6. The number of carboxylic acids is 1. The zero-order chi connectivity index (χ0) is 12.7. The van der Waals surface area contributed by atoms with Crippen LogP contribution in [0.25, 0.3) is 21.8 Å². The zero-order valence-corrected chi connectivity index (χ0v) is 9.98. The van der Waals surface area contributed by atoms with E-state index in [4.69, 9.17) is 11.6 Å². The molecule has 0 aliphatic carbocycles. The first-order valence-corrected chi connectivity index (χ1v) is 5.75. The highest BCUT2D eigenvalue weighted by Crippen LogP contribution is 2.26. The lowest BCUT2D eigenvalue weighted by atomic mass is 10.1. The highest BCUT2D eigenvalue weighted by molar-refractivity contribution is 6.32. The molecule has 0 spiro atoms. The Bertz CT molecular complexity index is 783. The molecule has 0 fully saturated rings. The number of pyridine rings is 1. The molecule has 88 valence electrons. The maximum atomic E-state index is 11.2. The Morgan fingerprint density at radius 1 is 1.11 bits per heavy atom. The van der Waals surface area contributed by atoms with Crippen LogP contribution in [-0.2, 0) is 0 Å². The highest BCUT2D eigenvalue weighted by Gasteiger charge is 2.12. The quantitative estimate of drug-likeness (QED) is 0.676. The number of aromatic carboxylic acids is 1. The number of para-hydroxylation sites is 1. The second-order valence-corrected chi connectivity index (χ2v) is 4.45. The molecule has 0 bridgehead atoms. The normalized spacial score (nSPS) is 10.9. The molecule has 3 aromatic rings.